The summed E-state index contributed by atoms with van der Waals surface area (Å²) < 4.78 is 0. The fraction of sp³-hybridized carbons (Fsp3) is 0.923. The number of thiocarbonyl (C=S) groups is 1. The molecule has 2 atom stereocenters. The number of nitrogens with zero attached hydrogens (tertiary/aromatic N) is 1. The second-order valence-electron chi connectivity index (χ2n) is 5.99. The molecule has 0 bridgehead atoms. The Morgan fingerprint density at radius 3 is 2.88 bits per heavy atom. The highest BCUT2D eigenvalue weighted by atomic mass is 32.1. The van der Waals surface area contributed by atoms with Crippen molar-refractivity contribution in [2.75, 3.05) is 6.54 Å². The Balaban J connectivity index is 1.97. The van der Waals surface area contributed by atoms with Gasteiger partial charge in [-0.1, -0.05) is 27.2 Å². The summed E-state index contributed by atoms with van der Waals surface area (Å²) in [4.78, 5) is 0. The van der Waals surface area contributed by atoms with Crippen LogP contribution in [0.4, 0.5) is 0 Å². The first-order valence-corrected chi connectivity index (χ1v) is 7.32. The summed E-state index contributed by atoms with van der Waals surface area (Å²) in [7, 11) is 0. The van der Waals surface area contributed by atoms with Crippen molar-refractivity contribution in [1.29, 1.82) is 0 Å². The molecule has 0 aromatic carbocycles. The van der Waals surface area contributed by atoms with Gasteiger partial charge in [0.2, 0.25) is 0 Å². The van der Waals surface area contributed by atoms with Gasteiger partial charge in [0.1, 0.15) is 5.66 Å². The molecule has 2 aliphatic rings. The standard InChI is InChI=1S/C13H25N3S/c1-10(2)7-9-16-12(17)14-13(15-16)8-5-4-6-11(13)3/h10-11,15H,4-9H2,1-3H3,(H,14,17)/t11-,13+/m1/s1. The van der Waals surface area contributed by atoms with E-state index < -0.39 is 0 Å². The zero-order chi connectivity index (χ0) is 12.5. The normalized spacial score (nSPS) is 33.5. The van der Waals surface area contributed by atoms with Gasteiger partial charge < -0.3 is 5.32 Å². The molecule has 1 saturated carbocycles. The Morgan fingerprint density at radius 2 is 2.24 bits per heavy atom. The molecule has 4 heteroatoms. The third kappa shape index (κ3) is 2.74. The Kier molecular flexibility index (Phi) is 3.93. The molecule has 0 amide bonds. The van der Waals surface area contributed by atoms with Gasteiger partial charge in [-0.15, -0.1) is 0 Å². The van der Waals surface area contributed by atoms with Crippen molar-refractivity contribution in [2.45, 2.75) is 58.5 Å². The molecule has 17 heavy (non-hydrogen) atoms. The van der Waals surface area contributed by atoms with E-state index in [2.05, 4.69) is 36.5 Å². The third-order valence-corrected chi connectivity index (χ3v) is 4.46. The Bertz CT molecular complexity index is 292. The van der Waals surface area contributed by atoms with Crippen LogP contribution in [0.3, 0.4) is 0 Å². The van der Waals surface area contributed by atoms with Crippen molar-refractivity contribution in [3.05, 3.63) is 0 Å². The molecular formula is C13H25N3S. The first kappa shape index (κ1) is 13.1. The van der Waals surface area contributed by atoms with E-state index in [1.165, 1.54) is 32.1 Å². The lowest BCUT2D eigenvalue weighted by Gasteiger charge is -2.39. The van der Waals surface area contributed by atoms with Crippen LogP contribution in [0.5, 0.6) is 0 Å². The van der Waals surface area contributed by atoms with E-state index in [0.717, 1.165) is 17.6 Å². The summed E-state index contributed by atoms with van der Waals surface area (Å²) in [5.74, 6) is 1.37. The van der Waals surface area contributed by atoms with Gasteiger partial charge in [0.15, 0.2) is 5.11 Å². The van der Waals surface area contributed by atoms with Crippen LogP contribution in [0.15, 0.2) is 0 Å². The van der Waals surface area contributed by atoms with Gasteiger partial charge in [-0.2, -0.15) is 0 Å². The van der Waals surface area contributed by atoms with E-state index in [9.17, 15) is 0 Å². The van der Waals surface area contributed by atoms with Crippen LogP contribution < -0.4 is 10.7 Å². The van der Waals surface area contributed by atoms with Crippen molar-refractivity contribution < 1.29 is 0 Å². The third-order valence-electron chi connectivity index (χ3n) is 4.14. The molecule has 0 aromatic heterocycles. The summed E-state index contributed by atoms with van der Waals surface area (Å²) in [6.07, 6.45) is 6.31. The summed E-state index contributed by atoms with van der Waals surface area (Å²) in [5, 5.41) is 6.58. The maximum atomic E-state index is 5.45. The van der Waals surface area contributed by atoms with E-state index in [-0.39, 0.29) is 5.66 Å². The van der Waals surface area contributed by atoms with Gasteiger partial charge >= 0.3 is 0 Å². The summed E-state index contributed by atoms with van der Waals surface area (Å²) in [5.41, 5.74) is 3.69. The van der Waals surface area contributed by atoms with Crippen LogP contribution in [0.1, 0.15) is 52.9 Å². The van der Waals surface area contributed by atoms with Gasteiger partial charge in [-0.25, -0.2) is 5.43 Å². The fourth-order valence-corrected chi connectivity index (χ4v) is 3.14. The van der Waals surface area contributed by atoms with Gasteiger partial charge in [-0.3, -0.25) is 5.01 Å². The number of hydrazine groups is 1. The maximum absolute atomic E-state index is 5.45. The average Bonchev–Trinajstić information content (AvgIpc) is 2.58. The lowest BCUT2D eigenvalue weighted by molar-refractivity contribution is 0.105. The van der Waals surface area contributed by atoms with Gasteiger partial charge in [0.05, 0.1) is 0 Å². The van der Waals surface area contributed by atoms with Gasteiger partial charge in [-0.05, 0) is 49.7 Å². The quantitative estimate of drug-likeness (QED) is 0.758. The van der Waals surface area contributed by atoms with E-state index in [0.29, 0.717) is 5.92 Å². The summed E-state index contributed by atoms with van der Waals surface area (Å²) in [6.45, 7) is 7.85. The molecule has 0 radical (unpaired) electrons. The predicted octanol–water partition coefficient (Wildman–Crippen LogP) is 2.63. The number of nitrogens with one attached hydrogen (secondary N) is 2. The van der Waals surface area contributed by atoms with Crippen LogP contribution in [0.2, 0.25) is 0 Å². The largest absolute Gasteiger partial charge is 0.342 e. The van der Waals surface area contributed by atoms with Gasteiger partial charge in [0.25, 0.3) is 0 Å². The molecule has 2 N–H and O–H groups in total. The minimum Gasteiger partial charge on any atom is -0.342 e. The van der Waals surface area contributed by atoms with Crippen molar-refractivity contribution in [3.8, 4) is 0 Å². The van der Waals surface area contributed by atoms with Crippen LogP contribution in [0.25, 0.3) is 0 Å². The molecule has 1 heterocycles. The SMILES string of the molecule is CC(C)CCN1N[C@]2(CCCC[C@H]2C)NC1=S. The second kappa shape index (κ2) is 5.11. The zero-order valence-corrected chi connectivity index (χ0v) is 12.1. The highest BCUT2D eigenvalue weighted by Gasteiger charge is 2.45. The van der Waals surface area contributed by atoms with Crippen LogP contribution in [-0.2, 0) is 0 Å². The van der Waals surface area contributed by atoms with Crippen molar-refractivity contribution in [1.82, 2.24) is 15.8 Å². The molecule has 1 aliphatic heterocycles. The maximum Gasteiger partial charge on any atom is 0.185 e. The number of hydrogen-bond acceptors (Lipinski definition) is 2. The molecule has 0 unspecified atom stereocenters. The fourth-order valence-electron chi connectivity index (χ4n) is 2.82. The molecule has 2 rings (SSSR count). The Hall–Kier alpha value is -0.350. The van der Waals surface area contributed by atoms with E-state index in [1.807, 2.05) is 0 Å². The Morgan fingerprint density at radius 1 is 1.47 bits per heavy atom. The van der Waals surface area contributed by atoms with Crippen LogP contribution in [0, 0.1) is 11.8 Å². The highest BCUT2D eigenvalue weighted by molar-refractivity contribution is 7.80. The zero-order valence-electron chi connectivity index (χ0n) is 11.3. The van der Waals surface area contributed by atoms with E-state index in [1.54, 1.807) is 0 Å². The molecule has 0 aromatic rings. The minimum absolute atomic E-state index is 0.0479. The molecule has 98 valence electrons. The first-order chi connectivity index (χ1) is 8.03. The van der Waals surface area contributed by atoms with Crippen LogP contribution >= 0.6 is 12.2 Å². The topological polar surface area (TPSA) is 27.3 Å². The summed E-state index contributed by atoms with van der Waals surface area (Å²) in [6, 6.07) is 0. The average molecular weight is 255 g/mol. The smallest absolute Gasteiger partial charge is 0.185 e. The van der Waals surface area contributed by atoms with Crippen molar-refractivity contribution >= 4 is 17.3 Å². The highest BCUT2D eigenvalue weighted by Crippen LogP contribution is 2.34. The monoisotopic (exact) mass is 255 g/mol. The molecular weight excluding hydrogens is 230 g/mol. The minimum atomic E-state index is 0.0479. The Labute approximate surface area is 110 Å². The molecule has 3 nitrogen and oxygen atoms in total. The lowest BCUT2D eigenvalue weighted by Crippen LogP contribution is -2.57. The predicted molar refractivity (Wildman–Crippen MR) is 75.4 cm³/mol. The molecule has 1 saturated heterocycles. The number of hydrogen-bond donors (Lipinski definition) is 2. The number of rotatable bonds is 3. The van der Waals surface area contributed by atoms with Crippen molar-refractivity contribution in [3.63, 3.8) is 0 Å². The lowest BCUT2D eigenvalue weighted by atomic mass is 9.81. The van der Waals surface area contributed by atoms with Gasteiger partial charge in [0, 0.05) is 6.54 Å². The molecule has 2 fully saturated rings. The molecule has 1 spiro atoms. The van der Waals surface area contributed by atoms with Crippen molar-refractivity contribution in [2.24, 2.45) is 11.8 Å². The van der Waals surface area contributed by atoms with E-state index in [4.69, 9.17) is 12.2 Å². The van der Waals surface area contributed by atoms with Crippen LogP contribution in [-0.4, -0.2) is 22.3 Å². The summed E-state index contributed by atoms with van der Waals surface area (Å²) >= 11 is 5.45. The molecule has 1 aliphatic carbocycles. The van der Waals surface area contributed by atoms with E-state index >= 15 is 0 Å². The second-order valence-corrected chi connectivity index (χ2v) is 6.38. The first-order valence-electron chi connectivity index (χ1n) is 6.91.